The van der Waals surface area contributed by atoms with Gasteiger partial charge in [0.15, 0.2) is 0 Å². The van der Waals surface area contributed by atoms with Gasteiger partial charge >= 0.3 is 0 Å². The smallest absolute Gasteiger partial charge is 0.280 e. The van der Waals surface area contributed by atoms with Gasteiger partial charge in [0.05, 0.1) is 27.9 Å². The standard InChI is InChI=1S/C16H13N3O3/c20-10-4-9-17-16-11-5-1-2-6-12(11)18-13-7-3-8-14(15(13)16)19(21)22/h1-8,10,20H,9H2,(H,17,18). The molecule has 0 aliphatic heterocycles. The number of pyridine rings is 1. The number of aliphatic hydroxyl groups is 1. The molecule has 3 aromatic rings. The van der Waals surface area contributed by atoms with Crippen LogP contribution in [0.2, 0.25) is 0 Å². The highest BCUT2D eigenvalue weighted by Gasteiger charge is 2.18. The number of benzene rings is 2. The van der Waals surface area contributed by atoms with Crippen molar-refractivity contribution >= 4 is 33.2 Å². The third-order valence-corrected chi connectivity index (χ3v) is 3.38. The number of hydrogen-bond acceptors (Lipinski definition) is 5. The largest absolute Gasteiger partial charge is 0.516 e. The summed E-state index contributed by atoms with van der Waals surface area (Å²) in [6, 6.07) is 12.3. The van der Waals surface area contributed by atoms with Crippen molar-refractivity contribution in [3.05, 3.63) is 64.9 Å². The molecule has 0 aliphatic carbocycles. The van der Waals surface area contributed by atoms with Gasteiger partial charge in [0.1, 0.15) is 5.39 Å². The van der Waals surface area contributed by atoms with Crippen LogP contribution in [0.15, 0.2) is 54.8 Å². The summed E-state index contributed by atoms with van der Waals surface area (Å²) in [5.41, 5.74) is 1.96. The SMILES string of the molecule is O=[N+]([O-])c1cccc2nc3ccccc3c(NCC=CO)c12. The number of aliphatic hydroxyl groups excluding tert-OH is 1. The van der Waals surface area contributed by atoms with Gasteiger partial charge in [-0.2, -0.15) is 0 Å². The topological polar surface area (TPSA) is 88.3 Å². The molecule has 110 valence electrons. The molecule has 0 saturated heterocycles. The van der Waals surface area contributed by atoms with E-state index >= 15 is 0 Å². The monoisotopic (exact) mass is 295 g/mol. The minimum atomic E-state index is -0.411. The molecule has 0 bridgehead atoms. The Morgan fingerprint density at radius 1 is 1.18 bits per heavy atom. The van der Waals surface area contributed by atoms with Crippen molar-refractivity contribution in [2.24, 2.45) is 0 Å². The number of non-ortho nitro benzene ring substituents is 1. The predicted molar refractivity (Wildman–Crippen MR) is 86.2 cm³/mol. The van der Waals surface area contributed by atoms with E-state index in [4.69, 9.17) is 5.11 Å². The van der Waals surface area contributed by atoms with Gasteiger partial charge in [-0.1, -0.05) is 24.3 Å². The summed E-state index contributed by atoms with van der Waals surface area (Å²) in [6.45, 7) is 0.353. The molecule has 6 heteroatoms. The molecule has 2 aromatic carbocycles. The predicted octanol–water partition coefficient (Wildman–Crippen LogP) is 3.78. The first kappa shape index (κ1) is 13.8. The van der Waals surface area contributed by atoms with Gasteiger partial charge in [-0.05, 0) is 18.2 Å². The molecule has 0 spiro atoms. The number of aromatic nitrogens is 1. The highest BCUT2D eigenvalue weighted by Crippen LogP contribution is 2.36. The first-order chi connectivity index (χ1) is 10.7. The van der Waals surface area contributed by atoms with Crippen molar-refractivity contribution < 1.29 is 10.0 Å². The minimum absolute atomic E-state index is 0.00577. The molecule has 22 heavy (non-hydrogen) atoms. The van der Waals surface area contributed by atoms with E-state index in [1.807, 2.05) is 24.3 Å². The number of nitro groups is 1. The van der Waals surface area contributed by atoms with Gasteiger partial charge in [-0.3, -0.25) is 10.1 Å². The maximum absolute atomic E-state index is 11.3. The van der Waals surface area contributed by atoms with Crippen LogP contribution in [0.5, 0.6) is 0 Å². The summed E-state index contributed by atoms with van der Waals surface area (Å²) in [5, 5.41) is 24.5. The van der Waals surface area contributed by atoms with Gasteiger partial charge in [0.2, 0.25) is 0 Å². The Balaban J connectivity index is 2.37. The van der Waals surface area contributed by atoms with E-state index in [0.717, 1.165) is 17.2 Å². The molecule has 0 unspecified atom stereocenters. The van der Waals surface area contributed by atoms with Crippen molar-refractivity contribution in [3.63, 3.8) is 0 Å². The molecule has 0 atom stereocenters. The van der Waals surface area contributed by atoms with Gasteiger partial charge in [-0.25, -0.2) is 4.98 Å². The molecule has 3 rings (SSSR count). The molecular formula is C16H13N3O3. The van der Waals surface area contributed by atoms with E-state index in [9.17, 15) is 10.1 Å². The summed E-state index contributed by atoms with van der Waals surface area (Å²) in [7, 11) is 0. The second-order valence-electron chi connectivity index (χ2n) is 4.70. The molecule has 0 aliphatic rings. The molecule has 6 nitrogen and oxygen atoms in total. The lowest BCUT2D eigenvalue weighted by atomic mass is 10.1. The second-order valence-corrected chi connectivity index (χ2v) is 4.70. The van der Waals surface area contributed by atoms with Crippen molar-refractivity contribution in [3.8, 4) is 0 Å². The Morgan fingerprint density at radius 3 is 2.73 bits per heavy atom. The number of nitrogens with zero attached hydrogens (tertiary/aromatic N) is 2. The first-order valence-electron chi connectivity index (χ1n) is 6.71. The Hall–Kier alpha value is -3.15. The molecule has 2 N–H and O–H groups in total. The normalized spacial score (nSPS) is 11.3. The van der Waals surface area contributed by atoms with Crippen LogP contribution < -0.4 is 5.32 Å². The first-order valence-corrected chi connectivity index (χ1v) is 6.71. The van der Waals surface area contributed by atoms with Crippen LogP contribution in [0.4, 0.5) is 11.4 Å². The van der Waals surface area contributed by atoms with Gasteiger partial charge < -0.3 is 10.4 Å². The van der Waals surface area contributed by atoms with Crippen molar-refractivity contribution in [2.75, 3.05) is 11.9 Å². The van der Waals surface area contributed by atoms with Gasteiger partial charge in [0, 0.05) is 18.0 Å². The van der Waals surface area contributed by atoms with Gasteiger partial charge in [-0.15, -0.1) is 0 Å². The van der Waals surface area contributed by atoms with E-state index < -0.39 is 4.92 Å². The van der Waals surface area contributed by atoms with Crippen molar-refractivity contribution in [1.82, 2.24) is 4.98 Å². The van der Waals surface area contributed by atoms with Crippen LogP contribution >= 0.6 is 0 Å². The van der Waals surface area contributed by atoms with E-state index in [0.29, 0.717) is 23.1 Å². The number of hydrogen-bond donors (Lipinski definition) is 2. The Bertz CT molecular complexity index is 890. The van der Waals surface area contributed by atoms with Crippen LogP contribution in [0.1, 0.15) is 0 Å². The lowest BCUT2D eigenvalue weighted by Crippen LogP contribution is -2.02. The molecule has 0 fully saturated rings. The zero-order valence-electron chi connectivity index (χ0n) is 11.6. The van der Waals surface area contributed by atoms with Crippen LogP contribution in [-0.4, -0.2) is 21.6 Å². The zero-order chi connectivity index (χ0) is 15.5. The highest BCUT2D eigenvalue weighted by molar-refractivity contribution is 6.11. The summed E-state index contributed by atoms with van der Waals surface area (Å²) in [5.74, 6) is 0. The Kier molecular flexibility index (Phi) is 3.57. The quantitative estimate of drug-likeness (QED) is 0.331. The average molecular weight is 295 g/mol. The maximum atomic E-state index is 11.3. The fraction of sp³-hybridized carbons (Fsp3) is 0.0625. The fourth-order valence-corrected chi connectivity index (χ4v) is 2.47. The van der Waals surface area contributed by atoms with Gasteiger partial charge in [0.25, 0.3) is 5.69 Å². The lowest BCUT2D eigenvalue weighted by molar-refractivity contribution is -0.383. The Labute approximate surface area is 125 Å². The third-order valence-electron chi connectivity index (χ3n) is 3.38. The van der Waals surface area contributed by atoms with Crippen molar-refractivity contribution in [1.29, 1.82) is 0 Å². The third kappa shape index (κ3) is 2.31. The number of rotatable bonds is 4. The average Bonchev–Trinajstić information content (AvgIpc) is 2.53. The second kappa shape index (κ2) is 5.69. The summed E-state index contributed by atoms with van der Waals surface area (Å²) in [4.78, 5) is 15.4. The van der Waals surface area contributed by atoms with Crippen LogP contribution in [-0.2, 0) is 0 Å². The van der Waals surface area contributed by atoms with E-state index in [1.165, 1.54) is 12.1 Å². The summed E-state index contributed by atoms with van der Waals surface area (Å²) >= 11 is 0. The maximum Gasteiger partial charge on any atom is 0.280 e. The number of para-hydroxylation sites is 1. The summed E-state index contributed by atoms with van der Waals surface area (Å²) < 4.78 is 0. The number of anilines is 1. The van der Waals surface area contributed by atoms with E-state index in [-0.39, 0.29) is 5.69 Å². The highest BCUT2D eigenvalue weighted by atomic mass is 16.6. The molecule has 0 saturated carbocycles. The molecular weight excluding hydrogens is 282 g/mol. The summed E-state index contributed by atoms with van der Waals surface area (Å²) in [6.07, 6.45) is 2.46. The molecule has 1 aromatic heterocycles. The van der Waals surface area contributed by atoms with Crippen molar-refractivity contribution in [2.45, 2.75) is 0 Å². The van der Waals surface area contributed by atoms with Crippen LogP contribution in [0.3, 0.4) is 0 Å². The van der Waals surface area contributed by atoms with Crippen LogP contribution in [0, 0.1) is 10.1 Å². The fourth-order valence-electron chi connectivity index (χ4n) is 2.47. The van der Waals surface area contributed by atoms with Crippen LogP contribution in [0.25, 0.3) is 21.8 Å². The number of fused-ring (bicyclic) bond motifs is 2. The lowest BCUT2D eigenvalue weighted by Gasteiger charge is -2.12. The number of nitro benzene ring substituents is 1. The minimum Gasteiger partial charge on any atom is -0.516 e. The molecule has 0 radical (unpaired) electrons. The number of nitrogens with one attached hydrogen (secondary N) is 1. The zero-order valence-corrected chi connectivity index (χ0v) is 11.6. The molecule has 1 heterocycles. The van der Waals surface area contributed by atoms with E-state index in [1.54, 1.807) is 12.1 Å². The molecule has 0 amide bonds. The Morgan fingerprint density at radius 2 is 1.95 bits per heavy atom. The van der Waals surface area contributed by atoms with E-state index in [2.05, 4.69) is 10.3 Å².